The van der Waals surface area contributed by atoms with Crippen LogP contribution in [0.25, 0.3) is 0 Å². The lowest BCUT2D eigenvalue weighted by molar-refractivity contribution is -0.265. The van der Waals surface area contributed by atoms with E-state index in [4.69, 9.17) is 4.84 Å². The van der Waals surface area contributed by atoms with Crippen molar-refractivity contribution in [3.63, 3.8) is 0 Å². The predicted octanol–water partition coefficient (Wildman–Crippen LogP) is 3.22. The SMILES string of the molecule is O=C(NCCc1ccccc1)[C@H](Cc1ccc(O)cc1)N1CC2N(C(=O)O)O[C@H](Cc3ccc(O)cc3)C(=O)N2[C@@H](Cc2ccc(O)cc2)C1=O. The van der Waals surface area contributed by atoms with Crippen molar-refractivity contribution >= 4 is 23.8 Å². The molecule has 264 valence electrons. The van der Waals surface area contributed by atoms with Gasteiger partial charge in [0.25, 0.3) is 5.91 Å². The first kappa shape index (κ1) is 34.8. The lowest BCUT2D eigenvalue weighted by Crippen LogP contribution is -2.75. The molecule has 0 aromatic heterocycles. The second kappa shape index (κ2) is 15.2. The number of carbonyl (C=O) groups excluding carboxylic acids is 3. The van der Waals surface area contributed by atoms with Crippen molar-refractivity contribution in [1.29, 1.82) is 0 Å². The molecule has 13 heteroatoms. The molecule has 2 aliphatic heterocycles. The topological polar surface area (TPSA) is 180 Å². The zero-order valence-electron chi connectivity index (χ0n) is 27.5. The Labute approximate surface area is 293 Å². The van der Waals surface area contributed by atoms with Crippen LogP contribution in [-0.4, -0.2) is 96.5 Å². The minimum absolute atomic E-state index is 0.00261. The van der Waals surface area contributed by atoms with Crippen molar-refractivity contribution in [2.75, 3.05) is 13.1 Å². The van der Waals surface area contributed by atoms with Gasteiger partial charge in [0, 0.05) is 25.8 Å². The average Bonchev–Trinajstić information content (AvgIpc) is 3.12. The number of hydrogen-bond donors (Lipinski definition) is 5. The summed E-state index contributed by atoms with van der Waals surface area (Å²) >= 11 is 0. The van der Waals surface area contributed by atoms with E-state index in [2.05, 4.69) is 5.32 Å². The fourth-order valence-corrected chi connectivity index (χ4v) is 6.54. The second-order valence-electron chi connectivity index (χ2n) is 12.6. The van der Waals surface area contributed by atoms with Gasteiger partial charge in [0.15, 0.2) is 12.3 Å². The van der Waals surface area contributed by atoms with Crippen LogP contribution in [0.3, 0.4) is 0 Å². The number of aromatic hydroxyl groups is 3. The highest BCUT2D eigenvalue weighted by Gasteiger charge is 2.54. The molecule has 4 atom stereocenters. The molecule has 0 bridgehead atoms. The van der Waals surface area contributed by atoms with Crippen LogP contribution in [0.2, 0.25) is 0 Å². The Morgan fingerprint density at radius 1 is 0.725 bits per heavy atom. The first-order valence-corrected chi connectivity index (χ1v) is 16.5. The number of hydrogen-bond acceptors (Lipinski definition) is 8. The van der Waals surface area contributed by atoms with Gasteiger partial charge in [0.05, 0.1) is 6.54 Å². The van der Waals surface area contributed by atoms with Gasteiger partial charge in [-0.2, -0.15) is 5.06 Å². The molecule has 2 aliphatic rings. The number of carboxylic acid groups (broad SMARTS) is 1. The first-order chi connectivity index (χ1) is 24.6. The van der Waals surface area contributed by atoms with Crippen LogP contribution in [-0.2, 0) is 44.9 Å². The van der Waals surface area contributed by atoms with E-state index in [0.29, 0.717) is 28.2 Å². The van der Waals surface area contributed by atoms with Gasteiger partial charge in [0.1, 0.15) is 29.3 Å². The van der Waals surface area contributed by atoms with Crippen molar-refractivity contribution in [2.24, 2.45) is 0 Å². The van der Waals surface area contributed by atoms with Gasteiger partial charge < -0.3 is 35.5 Å². The Bertz CT molecular complexity index is 1850. The van der Waals surface area contributed by atoms with Crippen molar-refractivity contribution in [3.05, 3.63) is 125 Å². The Morgan fingerprint density at radius 3 is 1.84 bits per heavy atom. The number of piperazine rings is 1. The van der Waals surface area contributed by atoms with Crippen LogP contribution in [0, 0.1) is 0 Å². The number of amides is 4. The summed E-state index contributed by atoms with van der Waals surface area (Å²) in [5.74, 6) is -1.60. The number of phenols is 3. The lowest BCUT2D eigenvalue weighted by Gasteiger charge is -2.53. The maximum absolute atomic E-state index is 14.7. The van der Waals surface area contributed by atoms with Crippen molar-refractivity contribution < 1.29 is 44.4 Å². The summed E-state index contributed by atoms with van der Waals surface area (Å²) in [6.45, 7) is -0.0883. The van der Waals surface area contributed by atoms with Gasteiger partial charge in [-0.05, 0) is 65.1 Å². The smallest absolute Gasteiger partial charge is 0.433 e. The summed E-state index contributed by atoms with van der Waals surface area (Å²) in [7, 11) is 0. The standard InChI is InChI=1S/C38H38N4O9/c43-28-12-6-25(7-13-28)20-31(35(46)39-19-18-24-4-2-1-3-5-24)40-23-34-41(32(36(40)47)21-26-8-14-29(44)15-9-26)37(48)33(51-42(34)38(49)50)22-27-10-16-30(45)17-11-27/h1-17,31-34,43-45H,18-23H2,(H,39,46)(H,49,50)/t31-,32-,33+,34?/m0/s1. The third-order valence-electron chi connectivity index (χ3n) is 9.14. The van der Waals surface area contributed by atoms with Gasteiger partial charge in [0.2, 0.25) is 11.8 Å². The maximum Gasteiger partial charge on any atom is 0.433 e. The Balaban J connectivity index is 1.35. The molecular formula is C38H38N4O9. The number of rotatable bonds is 11. The summed E-state index contributed by atoms with van der Waals surface area (Å²) in [6.07, 6.45) is -3.62. The molecule has 13 nitrogen and oxygen atoms in total. The monoisotopic (exact) mass is 694 g/mol. The van der Waals surface area contributed by atoms with Crippen LogP contribution in [0.4, 0.5) is 4.79 Å². The van der Waals surface area contributed by atoms with Gasteiger partial charge in [-0.3, -0.25) is 19.2 Å². The number of nitrogens with one attached hydrogen (secondary N) is 1. The Morgan fingerprint density at radius 2 is 1.27 bits per heavy atom. The molecule has 0 spiro atoms. The highest BCUT2D eigenvalue weighted by molar-refractivity contribution is 5.95. The van der Waals surface area contributed by atoms with Gasteiger partial charge in [-0.15, -0.1) is 0 Å². The zero-order chi connectivity index (χ0) is 36.1. The molecule has 4 aromatic carbocycles. The predicted molar refractivity (Wildman–Crippen MR) is 183 cm³/mol. The highest BCUT2D eigenvalue weighted by atomic mass is 16.7. The fourth-order valence-electron chi connectivity index (χ4n) is 6.54. The number of hydroxylamine groups is 2. The minimum Gasteiger partial charge on any atom is -0.508 e. The summed E-state index contributed by atoms with van der Waals surface area (Å²) in [6, 6.07) is 25.6. The molecule has 0 radical (unpaired) electrons. The van der Waals surface area contributed by atoms with Gasteiger partial charge in [-0.1, -0.05) is 66.7 Å². The van der Waals surface area contributed by atoms with Crippen LogP contribution in [0.1, 0.15) is 22.3 Å². The van der Waals surface area contributed by atoms with Crippen LogP contribution in [0.15, 0.2) is 103 Å². The molecule has 4 amide bonds. The number of fused-ring (bicyclic) bond motifs is 1. The molecule has 0 aliphatic carbocycles. The molecule has 2 saturated heterocycles. The average molecular weight is 695 g/mol. The van der Waals surface area contributed by atoms with E-state index in [1.165, 1.54) is 46.2 Å². The van der Waals surface area contributed by atoms with Crippen molar-refractivity contribution in [2.45, 2.75) is 50.0 Å². The molecule has 1 unspecified atom stereocenters. The van der Waals surface area contributed by atoms with Crippen LogP contribution < -0.4 is 5.32 Å². The third-order valence-corrected chi connectivity index (χ3v) is 9.14. The van der Waals surface area contributed by atoms with E-state index < -0.39 is 48.2 Å². The van der Waals surface area contributed by atoms with E-state index in [-0.39, 0.29) is 49.6 Å². The summed E-state index contributed by atoms with van der Waals surface area (Å²) in [4.78, 5) is 64.1. The largest absolute Gasteiger partial charge is 0.508 e. The zero-order valence-corrected chi connectivity index (χ0v) is 27.5. The highest BCUT2D eigenvalue weighted by Crippen LogP contribution is 2.32. The van der Waals surface area contributed by atoms with Gasteiger partial charge in [-0.25, -0.2) is 4.79 Å². The second-order valence-corrected chi connectivity index (χ2v) is 12.6. The van der Waals surface area contributed by atoms with Crippen molar-refractivity contribution in [1.82, 2.24) is 20.2 Å². The third kappa shape index (κ3) is 8.05. The molecule has 51 heavy (non-hydrogen) atoms. The quantitative estimate of drug-likeness (QED) is 0.158. The summed E-state index contributed by atoms with van der Waals surface area (Å²) in [5.41, 5.74) is 2.83. The summed E-state index contributed by atoms with van der Waals surface area (Å²) in [5, 5.41) is 43.5. The Hall–Kier alpha value is -6.08. The van der Waals surface area contributed by atoms with E-state index >= 15 is 0 Å². The normalized spacial score (nSPS) is 19.4. The van der Waals surface area contributed by atoms with Crippen LogP contribution >= 0.6 is 0 Å². The first-order valence-electron chi connectivity index (χ1n) is 16.5. The number of phenolic OH excluding ortho intramolecular Hbond substituents is 3. The molecule has 0 saturated carbocycles. The molecular weight excluding hydrogens is 656 g/mol. The van der Waals surface area contributed by atoms with E-state index in [1.807, 2.05) is 30.3 Å². The van der Waals surface area contributed by atoms with E-state index in [9.17, 15) is 39.6 Å². The molecule has 2 heterocycles. The molecule has 5 N–H and O–H groups in total. The van der Waals surface area contributed by atoms with Crippen molar-refractivity contribution in [3.8, 4) is 17.2 Å². The number of nitrogens with zero attached hydrogens (tertiary/aromatic N) is 3. The Kier molecular flexibility index (Phi) is 10.4. The maximum atomic E-state index is 14.7. The lowest BCUT2D eigenvalue weighted by atomic mass is 9.94. The van der Waals surface area contributed by atoms with E-state index in [1.54, 1.807) is 36.4 Å². The summed E-state index contributed by atoms with van der Waals surface area (Å²) < 4.78 is 0. The molecule has 6 rings (SSSR count). The minimum atomic E-state index is -1.49. The number of benzene rings is 4. The number of carbonyl (C=O) groups is 4. The molecule has 4 aromatic rings. The fraction of sp³-hybridized carbons (Fsp3) is 0.263. The van der Waals surface area contributed by atoms with E-state index in [0.717, 1.165) is 5.56 Å². The van der Waals surface area contributed by atoms with Crippen LogP contribution in [0.5, 0.6) is 17.2 Å². The molecule has 2 fully saturated rings. The van der Waals surface area contributed by atoms with Gasteiger partial charge >= 0.3 is 6.09 Å².